The predicted molar refractivity (Wildman–Crippen MR) is 25.0 cm³/mol. The van der Waals surface area contributed by atoms with Crippen LogP contribution < -0.4 is 0 Å². The Hall–Kier alpha value is -0.390. The van der Waals surface area contributed by atoms with Gasteiger partial charge in [0.1, 0.15) is 6.58 Å². The SMILES string of the molecule is C=[C+]COC[CH2-]. The second-order valence-corrected chi connectivity index (χ2v) is 0.803. The van der Waals surface area contributed by atoms with Crippen molar-refractivity contribution in [2.75, 3.05) is 13.2 Å². The van der Waals surface area contributed by atoms with Gasteiger partial charge in [0.2, 0.25) is 6.08 Å². The van der Waals surface area contributed by atoms with E-state index in [1.807, 2.05) is 0 Å². The fourth-order valence-corrected chi connectivity index (χ4v) is 0.144. The standard InChI is InChI=1S/C5H8O/c1-3-5-6-4-2/h1-2,4-5H2. The first-order valence-corrected chi connectivity index (χ1v) is 1.78. The maximum atomic E-state index is 4.70. The Bertz CT molecular complexity index is 32.9. The average molecular weight is 84.1 g/mol. The lowest BCUT2D eigenvalue weighted by molar-refractivity contribution is 0.188. The zero-order valence-electron chi connectivity index (χ0n) is 3.74. The third-order valence-corrected chi connectivity index (χ3v) is 0.348. The lowest BCUT2D eigenvalue weighted by Gasteiger charge is -1.87. The van der Waals surface area contributed by atoms with Crippen molar-refractivity contribution in [3.8, 4) is 0 Å². The van der Waals surface area contributed by atoms with Crippen molar-refractivity contribution >= 4 is 0 Å². The summed E-state index contributed by atoms with van der Waals surface area (Å²) in [6, 6.07) is 0. The summed E-state index contributed by atoms with van der Waals surface area (Å²) < 4.78 is 4.70. The first-order valence-electron chi connectivity index (χ1n) is 1.78. The van der Waals surface area contributed by atoms with Crippen LogP contribution in [0, 0.1) is 13.0 Å². The molecule has 0 bridgehead atoms. The summed E-state index contributed by atoms with van der Waals surface area (Å²) in [5, 5.41) is 0. The minimum Gasteiger partial charge on any atom is -0.365 e. The van der Waals surface area contributed by atoms with Gasteiger partial charge in [0.15, 0.2) is 0 Å². The maximum Gasteiger partial charge on any atom is 0.263 e. The van der Waals surface area contributed by atoms with E-state index in [1.54, 1.807) is 0 Å². The number of rotatable bonds is 3. The summed E-state index contributed by atoms with van der Waals surface area (Å²) >= 11 is 0. The summed E-state index contributed by atoms with van der Waals surface area (Å²) in [6.45, 7) is 7.75. The van der Waals surface area contributed by atoms with Crippen LogP contribution in [-0.2, 0) is 4.74 Å². The van der Waals surface area contributed by atoms with Gasteiger partial charge in [-0.25, -0.2) is 0 Å². The maximum absolute atomic E-state index is 4.70. The van der Waals surface area contributed by atoms with Gasteiger partial charge in [0.25, 0.3) is 6.61 Å². The zero-order valence-corrected chi connectivity index (χ0v) is 3.74. The second-order valence-electron chi connectivity index (χ2n) is 0.803. The molecule has 0 unspecified atom stereocenters. The van der Waals surface area contributed by atoms with E-state index in [1.165, 1.54) is 0 Å². The summed E-state index contributed by atoms with van der Waals surface area (Å²) in [5.41, 5.74) is 0. The Morgan fingerprint density at radius 1 is 1.83 bits per heavy atom. The molecule has 0 amide bonds. The summed E-state index contributed by atoms with van der Waals surface area (Å²) in [6.07, 6.45) is 2.56. The quantitative estimate of drug-likeness (QED) is 0.363. The molecule has 0 N–H and O–H groups in total. The van der Waals surface area contributed by atoms with Crippen LogP contribution in [0.25, 0.3) is 0 Å². The molecule has 1 nitrogen and oxygen atoms in total. The van der Waals surface area contributed by atoms with E-state index in [0.29, 0.717) is 13.2 Å². The van der Waals surface area contributed by atoms with Gasteiger partial charge in [-0.15, -0.1) is 0 Å². The Morgan fingerprint density at radius 3 is 2.67 bits per heavy atom. The third-order valence-electron chi connectivity index (χ3n) is 0.348. The molecule has 0 aromatic carbocycles. The van der Waals surface area contributed by atoms with Crippen molar-refractivity contribution in [1.29, 1.82) is 0 Å². The Balaban J connectivity index is 2.49. The minimum absolute atomic E-state index is 0.490. The molecule has 0 aliphatic rings. The summed E-state index contributed by atoms with van der Waals surface area (Å²) in [7, 11) is 0. The first-order chi connectivity index (χ1) is 2.91. The molecular formula is C5H8O. The number of ether oxygens (including phenoxy) is 1. The topological polar surface area (TPSA) is 9.23 Å². The second kappa shape index (κ2) is 4.61. The van der Waals surface area contributed by atoms with Gasteiger partial charge in [-0.05, 0) is 0 Å². The van der Waals surface area contributed by atoms with Crippen LogP contribution in [0.4, 0.5) is 0 Å². The Labute approximate surface area is 38.6 Å². The summed E-state index contributed by atoms with van der Waals surface area (Å²) in [4.78, 5) is 0. The van der Waals surface area contributed by atoms with Gasteiger partial charge in [-0.2, -0.15) is 0 Å². The fourth-order valence-electron chi connectivity index (χ4n) is 0.144. The van der Waals surface area contributed by atoms with Crippen LogP contribution in [0.15, 0.2) is 6.58 Å². The van der Waals surface area contributed by atoms with Gasteiger partial charge in [-0.3, -0.25) is 0 Å². The molecule has 0 fully saturated rings. The normalized spacial score (nSPS) is 7.50. The molecule has 0 radical (unpaired) electrons. The lowest BCUT2D eigenvalue weighted by Crippen LogP contribution is -1.87. The Morgan fingerprint density at radius 2 is 2.50 bits per heavy atom. The van der Waals surface area contributed by atoms with Gasteiger partial charge in [0, 0.05) is 0 Å². The molecular weight excluding hydrogens is 76.1 g/mol. The van der Waals surface area contributed by atoms with Crippen molar-refractivity contribution in [3.63, 3.8) is 0 Å². The summed E-state index contributed by atoms with van der Waals surface area (Å²) in [5.74, 6) is 0. The molecule has 0 aliphatic heterocycles. The molecule has 0 saturated carbocycles. The lowest BCUT2D eigenvalue weighted by atomic mass is 10.7. The molecule has 0 aromatic heterocycles. The molecule has 6 heavy (non-hydrogen) atoms. The molecule has 0 aromatic rings. The predicted octanol–water partition coefficient (Wildman–Crippen LogP) is 0.826. The first kappa shape index (κ1) is 5.61. The van der Waals surface area contributed by atoms with E-state index >= 15 is 0 Å². The van der Waals surface area contributed by atoms with Gasteiger partial charge in [0.05, 0.1) is 0 Å². The van der Waals surface area contributed by atoms with E-state index in [2.05, 4.69) is 19.6 Å². The van der Waals surface area contributed by atoms with Crippen molar-refractivity contribution < 1.29 is 4.74 Å². The molecule has 0 rings (SSSR count). The molecule has 0 atom stereocenters. The molecule has 1 heteroatoms. The minimum atomic E-state index is 0.490. The van der Waals surface area contributed by atoms with Crippen LogP contribution in [0.3, 0.4) is 0 Å². The van der Waals surface area contributed by atoms with E-state index < -0.39 is 0 Å². The van der Waals surface area contributed by atoms with E-state index in [9.17, 15) is 0 Å². The molecule has 0 saturated heterocycles. The van der Waals surface area contributed by atoms with Crippen molar-refractivity contribution in [1.82, 2.24) is 0 Å². The average Bonchev–Trinajstić information content (AvgIpc) is 1.61. The molecule has 34 valence electrons. The van der Waals surface area contributed by atoms with Crippen LogP contribution in [0.5, 0.6) is 0 Å². The van der Waals surface area contributed by atoms with Gasteiger partial charge < -0.3 is 11.7 Å². The van der Waals surface area contributed by atoms with Crippen LogP contribution in [-0.4, -0.2) is 13.2 Å². The number of hydrogen-bond acceptors (Lipinski definition) is 1. The fraction of sp³-hybridized carbons (Fsp3) is 0.400. The van der Waals surface area contributed by atoms with Crippen LogP contribution in [0.2, 0.25) is 0 Å². The highest BCUT2D eigenvalue weighted by Crippen LogP contribution is 1.67. The van der Waals surface area contributed by atoms with Crippen LogP contribution in [0.1, 0.15) is 0 Å². The number of hydrogen-bond donors (Lipinski definition) is 0. The van der Waals surface area contributed by atoms with Gasteiger partial charge >= 0.3 is 0 Å². The third kappa shape index (κ3) is 3.61. The highest BCUT2D eigenvalue weighted by Gasteiger charge is 1.78. The largest absolute Gasteiger partial charge is 0.365 e. The highest BCUT2D eigenvalue weighted by atomic mass is 16.5. The molecule has 0 heterocycles. The zero-order chi connectivity index (χ0) is 4.83. The van der Waals surface area contributed by atoms with Crippen molar-refractivity contribution in [2.24, 2.45) is 0 Å². The van der Waals surface area contributed by atoms with E-state index in [4.69, 9.17) is 4.74 Å². The highest BCUT2D eigenvalue weighted by molar-refractivity contribution is 4.50. The van der Waals surface area contributed by atoms with E-state index in [0.717, 1.165) is 0 Å². The smallest absolute Gasteiger partial charge is 0.263 e. The van der Waals surface area contributed by atoms with Crippen LogP contribution >= 0.6 is 0 Å². The van der Waals surface area contributed by atoms with Gasteiger partial charge in [-0.1, -0.05) is 6.61 Å². The van der Waals surface area contributed by atoms with Crippen molar-refractivity contribution in [3.05, 3.63) is 19.6 Å². The molecule has 0 spiro atoms. The molecule has 0 aliphatic carbocycles. The van der Waals surface area contributed by atoms with Crippen molar-refractivity contribution in [2.45, 2.75) is 0 Å². The monoisotopic (exact) mass is 84.1 g/mol. The van der Waals surface area contributed by atoms with E-state index in [-0.39, 0.29) is 0 Å². The Kier molecular flexibility index (Phi) is 4.31.